The fourth-order valence-corrected chi connectivity index (χ4v) is 18.3. The molecule has 0 aromatic carbocycles. The third-order valence-electron chi connectivity index (χ3n) is 11.8. The first-order valence-electron chi connectivity index (χ1n) is 27.1. The van der Waals surface area contributed by atoms with E-state index in [1.807, 2.05) is 94.1 Å². The lowest BCUT2D eigenvalue weighted by Crippen LogP contribution is -1.95. The molecule has 0 unspecified atom stereocenters. The first-order chi connectivity index (χ1) is 34.3. The lowest BCUT2D eigenvalue weighted by Gasteiger charge is -2.10. The van der Waals surface area contributed by atoms with Crippen LogP contribution in [0.15, 0.2) is 19.6 Å². The summed E-state index contributed by atoms with van der Waals surface area (Å²) in [7, 11) is 0. The first kappa shape index (κ1) is 62.0. The molecule has 5 rings (SSSR count). The second kappa shape index (κ2) is 31.5. The zero-order chi connectivity index (χ0) is 52.5. The molecule has 0 saturated carbocycles. The van der Waals surface area contributed by atoms with Crippen LogP contribution in [0.25, 0.3) is 42.2 Å². The van der Waals surface area contributed by atoms with E-state index in [-0.39, 0.29) is 0 Å². The molecule has 402 valence electrons. The molecule has 5 heterocycles. The predicted molar refractivity (Wildman–Crippen MR) is 334 cm³/mol. The highest BCUT2D eigenvalue weighted by molar-refractivity contribution is 8.14. The molecule has 0 atom stereocenters. The summed E-state index contributed by atoms with van der Waals surface area (Å²) in [6.07, 6.45) is 8.86. The first-order valence-corrected chi connectivity index (χ1v) is 35.0. The Hall–Kier alpha value is -0.880. The standard InChI is InChI=1S/C56H90N8S8/c1-33(2)17-25-65-41-42(66-26-18-34(3)4)50-57-49(41)61-51-43(67-27-19-35(5)6)44(68-28-20-36(7)8)53(58-51)63-55-47(71-31-23-39(13)14)48(72-32-24-40(15)16)56(60-55)64-54-46(70-30-22-38(11)12)45(52(59-54)62-50)69-29-21-37(9)10/h33-40H,17-32H2,1-16H3,(H2,57,58,59,60,61,62,63,64). The lowest BCUT2D eigenvalue weighted by molar-refractivity contribution is 0.631. The van der Waals surface area contributed by atoms with Crippen LogP contribution in [0.2, 0.25) is 0 Å². The van der Waals surface area contributed by atoms with Crippen LogP contribution < -0.4 is 0 Å². The van der Waals surface area contributed by atoms with Crippen molar-refractivity contribution in [1.82, 2.24) is 39.9 Å². The van der Waals surface area contributed by atoms with Gasteiger partial charge in [-0.15, -0.1) is 94.1 Å². The minimum atomic E-state index is 0.584. The van der Waals surface area contributed by atoms with Crippen molar-refractivity contribution in [2.45, 2.75) is 182 Å². The van der Waals surface area contributed by atoms with Gasteiger partial charge in [-0.3, -0.25) is 0 Å². The number of hydrogen-bond acceptors (Lipinski definition) is 14. The molecule has 2 aliphatic rings. The smallest absolute Gasteiger partial charge is 0.171 e. The van der Waals surface area contributed by atoms with E-state index in [0.717, 1.165) is 163 Å². The van der Waals surface area contributed by atoms with Crippen LogP contribution in [0.3, 0.4) is 0 Å². The van der Waals surface area contributed by atoms with Crippen molar-refractivity contribution in [1.29, 1.82) is 0 Å². The van der Waals surface area contributed by atoms with Crippen molar-refractivity contribution in [3.8, 4) is 0 Å². The molecule has 0 radical (unpaired) electrons. The maximum atomic E-state index is 5.73. The highest BCUT2D eigenvalue weighted by Gasteiger charge is 2.30. The van der Waals surface area contributed by atoms with Gasteiger partial charge in [0.2, 0.25) is 0 Å². The fraction of sp³-hybridized carbons (Fsp3) is 0.714. The van der Waals surface area contributed by atoms with Crippen molar-refractivity contribution in [3.05, 3.63) is 23.3 Å². The van der Waals surface area contributed by atoms with Crippen LogP contribution in [0.5, 0.6) is 0 Å². The van der Waals surface area contributed by atoms with E-state index in [2.05, 4.69) is 121 Å². The number of fused-ring (bicyclic) bond motifs is 8. The van der Waals surface area contributed by atoms with E-state index >= 15 is 0 Å². The zero-order valence-corrected chi connectivity index (χ0v) is 53.4. The second-order valence-electron chi connectivity index (χ2n) is 22.5. The Morgan fingerprint density at radius 3 is 0.639 bits per heavy atom. The maximum absolute atomic E-state index is 5.73. The van der Waals surface area contributed by atoms with Gasteiger partial charge in [0.05, 0.1) is 39.2 Å². The van der Waals surface area contributed by atoms with Gasteiger partial charge < -0.3 is 9.97 Å². The molecule has 16 heteroatoms. The molecule has 72 heavy (non-hydrogen) atoms. The normalized spacial score (nSPS) is 13.6. The van der Waals surface area contributed by atoms with E-state index in [0.29, 0.717) is 47.3 Å². The van der Waals surface area contributed by atoms with Gasteiger partial charge in [-0.2, -0.15) is 0 Å². The van der Waals surface area contributed by atoms with Crippen LogP contribution >= 0.6 is 94.1 Å². The van der Waals surface area contributed by atoms with Crippen LogP contribution in [0.1, 0.15) is 185 Å². The van der Waals surface area contributed by atoms with E-state index in [1.54, 1.807) is 0 Å². The molecule has 0 aliphatic carbocycles. The number of aromatic amines is 2. The SMILES string of the molecule is CC(C)CCSC1=C(SCCC(C)C)c2nc1nc1nc(nc3[nH]c(nc4[nH]c(n2)c(SCCC(C)C)c4SCCC(C)C)c(SCCC(C)C)c3SCCC(C)C)C(SCCC(C)C)=C1SCCC(C)C. The van der Waals surface area contributed by atoms with Gasteiger partial charge in [0.15, 0.2) is 23.3 Å². The van der Waals surface area contributed by atoms with Crippen LogP contribution in [0, 0.1) is 47.3 Å². The van der Waals surface area contributed by atoms with E-state index in [1.165, 1.54) is 19.6 Å². The van der Waals surface area contributed by atoms with Crippen molar-refractivity contribution >= 4 is 136 Å². The Bertz CT molecular complexity index is 2240. The summed E-state index contributed by atoms with van der Waals surface area (Å²) in [4.78, 5) is 50.8. The molecule has 8 nitrogen and oxygen atoms in total. The molecule has 0 fully saturated rings. The number of hydrogen-bond donors (Lipinski definition) is 2. The zero-order valence-electron chi connectivity index (χ0n) is 46.9. The van der Waals surface area contributed by atoms with Gasteiger partial charge in [-0.05, 0) is 145 Å². The molecule has 2 aliphatic heterocycles. The van der Waals surface area contributed by atoms with Gasteiger partial charge in [-0.25, -0.2) is 29.9 Å². The quantitative estimate of drug-likeness (QED) is 0.0579. The molecule has 0 saturated heterocycles. The van der Waals surface area contributed by atoms with Gasteiger partial charge in [0.1, 0.15) is 22.6 Å². The molecular weight excluding hydrogens is 1040 g/mol. The Labute approximate surface area is 470 Å². The highest BCUT2D eigenvalue weighted by Crippen LogP contribution is 2.48. The Morgan fingerprint density at radius 2 is 0.431 bits per heavy atom. The molecular formula is C56H90N8S8. The summed E-state index contributed by atoms with van der Waals surface area (Å²) in [5, 5.41) is 0. The average Bonchev–Trinajstić information content (AvgIpc) is 3.97. The summed E-state index contributed by atoms with van der Waals surface area (Å²) in [6, 6.07) is 0. The van der Waals surface area contributed by atoms with Crippen molar-refractivity contribution < 1.29 is 0 Å². The van der Waals surface area contributed by atoms with Gasteiger partial charge in [0, 0.05) is 0 Å². The number of aromatic nitrogens is 8. The topological polar surface area (TPSA) is 109 Å². The maximum Gasteiger partial charge on any atom is 0.171 e. The van der Waals surface area contributed by atoms with Crippen molar-refractivity contribution in [2.75, 3.05) is 46.0 Å². The summed E-state index contributed by atoms with van der Waals surface area (Å²) >= 11 is 15.3. The average molecular weight is 1130 g/mol. The molecule has 3 aromatic heterocycles. The summed E-state index contributed by atoms with van der Waals surface area (Å²) in [5.74, 6) is 15.5. The van der Waals surface area contributed by atoms with Gasteiger partial charge in [0.25, 0.3) is 0 Å². The number of nitrogens with one attached hydrogen (secondary N) is 2. The highest BCUT2D eigenvalue weighted by atomic mass is 32.2. The number of thioether (sulfide) groups is 8. The second-order valence-corrected chi connectivity index (χ2v) is 31.3. The van der Waals surface area contributed by atoms with E-state index < -0.39 is 0 Å². The molecule has 0 spiro atoms. The van der Waals surface area contributed by atoms with Crippen LogP contribution in [-0.4, -0.2) is 85.9 Å². The van der Waals surface area contributed by atoms with Crippen LogP contribution in [0.4, 0.5) is 0 Å². The minimum Gasteiger partial charge on any atom is -0.323 e. The Balaban J connectivity index is 2.01. The van der Waals surface area contributed by atoms with Gasteiger partial charge >= 0.3 is 0 Å². The third kappa shape index (κ3) is 19.8. The van der Waals surface area contributed by atoms with E-state index in [4.69, 9.17) is 29.9 Å². The van der Waals surface area contributed by atoms with E-state index in [9.17, 15) is 0 Å². The number of H-pyrrole nitrogens is 2. The third-order valence-corrected chi connectivity index (χ3v) is 21.3. The fourth-order valence-electron chi connectivity index (χ4n) is 6.96. The summed E-state index contributed by atoms with van der Waals surface area (Å²) in [5.41, 5.74) is 3.40. The van der Waals surface area contributed by atoms with Gasteiger partial charge in [-0.1, -0.05) is 111 Å². The van der Waals surface area contributed by atoms with Crippen molar-refractivity contribution in [2.24, 2.45) is 47.3 Å². The number of nitrogens with zero attached hydrogens (tertiary/aromatic N) is 6. The lowest BCUT2D eigenvalue weighted by atomic mass is 10.2. The number of rotatable bonds is 32. The Kier molecular flexibility index (Phi) is 27.1. The van der Waals surface area contributed by atoms with Crippen LogP contribution in [-0.2, 0) is 0 Å². The Morgan fingerprint density at radius 1 is 0.250 bits per heavy atom. The van der Waals surface area contributed by atoms with Crippen molar-refractivity contribution in [3.63, 3.8) is 0 Å². The monoisotopic (exact) mass is 1130 g/mol. The molecule has 3 aromatic rings. The molecule has 8 bridgehead atoms. The predicted octanol–water partition coefficient (Wildman–Crippen LogP) is 19.2. The largest absolute Gasteiger partial charge is 0.323 e. The molecule has 0 amide bonds. The minimum absolute atomic E-state index is 0.584. The summed E-state index contributed by atoms with van der Waals surface area (Å²) < 4.78 is 0. The summed E-state index contributed by atoms with van der Waals surface area (Å²) in [6.45, 7) is 37.1. The molecule has 2 N–H and O–H groups in total.